The molecular weight excluding hydrogens is 260 g/mol. The highest BCUT2D eigenvalue weighted by molar-refractivity contribution is 5.47. The van der Waals surface area contributed by atoms with Gasteiger partial charge in [-0.2, -0.15) is 5.10 Å². The van der Waals surface area contributed by atoms with Gasteiger partial charge in [-0.15, -0.1) is 0 Å². The van der Waals surface area contributed by atoms with Crippen molar-refractivity contribution in [1.82, 2.24) is 14.6 Å². The summed E-state index contributed by atoms with van der Waals surface area (Å²) in [7, 11) is 0. The average Bonchev–Trinajstić information content (AvgIpc) is 2.84. The third kappa shape index (κ3) is 3.05. The molecule has 3 aromatic rings. The summed E-state index contributed by atoms with van der Waals surface area (Å²) in [5.74, 6) is 0.539. The Hall–Kier alpha value is -2.36. The van der Waals surface area contributed by atoms with Crippen molar-refractivity contribution in [3.8, 4) is 0 Å². The smallest absolute Gasteiger partial charge is 0.155 e. The van der Waals surface area contributed by atoms with Crippen molar-refractivity contribution in [3.05, 3.63) is 59.5 Å². The summed E-state index contributed by atoms with van der Waals surface area (Å²) < 4.78 is 1.83. The Bertz CT molecular complexity index is 758. The van der Waals surface area contributed by atoms with Crippen molar-refractivity contribution in [1.29, 1.82) is 0 Å². The second-order valence-corrected chi connectivity index (χ2v) is 5.68. The second kappa shape index (κ2) is 5.56. The summed E-state index contributed by atoms with van der Waals surface area (Å²) in [4.78, 5) is 4.42. The molecule has 0 atom stereocenters. The van der Waals surface area contributed by atoms with Crippen molar-refractivity contribution in [2.75, 3.05) is 5.32 Å². The van der Waals surface area contributed by atoms with Gasteiger partial charge in [0.15, 0.2) is 5.65 Å². The zero-order valence-electron chi connectivity index (χ0n) is 12.7. The normalized spacial score (nSPS) is 11.2. The van der Waals surface area contributed by atoms with Crippen LogP contribution in [0.3, 0.4) is 0 Å². The maximum Gasteiger partial charge on any atom is 0.155 e. The van der Waals surface area contributed by atoms with Gasteiger partial charge in [0.2, 0.25) is 0 Å². The van der Waals surface area contributed by atoms with E-state index in [9.17, 15) is 0 Å². The van der Waals surface area contributed by atoms with Crippen LogP contribution in [0.4, 0.5) is 5.69 Å². The number of nitrogens with one attached hydrogen (secondary N) is 1. The Morgan fingerprint density at radius 3 is 2.90 bits per heavy atom. The zero-order valence-corrected chi connectivity index (χ0v) is 12.7. The van der Waals surface area contributed by atoms with Crippen molar-refractivity contribution < 1.29 is 0 Å². The molecule has 2 heterocycles. The van der Waals surface area contributed by atoms with Gasteiger partial charge in [-0.1, -0.05) is 26.0 Å². The standard InChI is InChI=1S/C17H20N4/c1-12(2)15-5-4-6-16(8-15)18-9-14-10-19-17-7-13(3)20-21(17)11-14/h4-8,10-12,18H,9H2,1-3H3. The molecule has 108 valence electrons. The van der Waals surface area contributed by atoms with Crippen LogP contribution in [-0.4, -0.2) is 14.6 Å². The fraction of sp³-hybridized carbons (Fsp3) is 0.294. The van der Waals surface area contributed by atoms with E-state index in [0.29, 0.717) is 5.92 Å². The average molecular weight is 280 g/mol. The molecule has 0 bridgehead atoms. The number of hydrogen-bond acceptors (Lipinski definition) is 3. The molecule has 0 spiro atoms. The molecule has 3 rings (SSSR count). The summed E-state index contributed by atoms with van der Waals surface area (Å²) in [5, 5.41) is 7.84. The van der Waals surface area contributed by atoms with Crippen molar-refractivity contribution in [3.63, 3.8) is 0 Å². The molecule has 0 radical (unpaired) electrons. The molecule has 0 unspecified atom stereocenters. The molecule has 4 nitrogen and oxygen atoms in total. The van der Waals surface area contributed by atoms with Crippen LogP contribution >= 0.6 is 0 Å². The lowest BCUT2D eigenvalue weighted by molar-refractivity contribution is 0.866. The topological polar surface area (TPSA) is 42.2 Å². The SMILES string of the molecule is Cc1cc2ncc(CNc3cccc(C(C)C)c3)cn2n1. The third-order valence-corrected chi connectivity index (χ3v) is 3.54. The minimum atomic E-state index is 0.539. The first-order valence-corrected chi connectivity index (χ1v) is 7.26. The number of aryl methyl sites for hydroxylation is 1. The number of anilines is 1. The Balaban J connectivity index is 1.75. The van der Waals surface area contributed by atoms with Crippen LogP contribution in [0.25, 0.3) is 5.65 Å². The Morgan fingerprint density at radius 1 is 1.24 bits per heavy atom. The Kier molecular flexibility index (Phi) is 3.60. The van der Waals surface area contributed by atoms with Crippen molar-refractivity contribution >= 4 is 11.3 Å². The predicted octanol–water partition coefficient (Wildman–Crippen LogP) is 3.77. The van der Waals surface area contributed by atoms with Crippen LogP contribution < -0.4 is 5.32 Å². The van der Waals surface area contributed by atoms with E-state index in [1.165, 1.54) is 5.56 Å². The largest absolute Gasteiger partial charge is 0.381 e. The first kappa shape index (κ1) is 13.6. The lowest BCUT2D eigenvalue weighted by Gasteiger charge is -2.10. The summed E-state index contributed by atoms with van der Waals surface area (Å²) in [6.45, 7) is 7.13. The molecule has 0 aliphatic rings. The minimum absolute atomic E-state index is 0.539. The van der Waals surface area contributed by atoms with E-state index < -0.39 is 0 Å². The molecule has 2 aromatic heterocycles. The van der Waals surface area contributed by atoms with Gasteiger partial charge in [0.05, 0.1) is 5.69 Å². The maximum atomic E-state index is 4.42. The van der Waals surface area contributed by atoms with E-state index in [2.05, 4.69) is 53.5 Å². The van der Waals surface area contributed by atoms with E-state index in [1.54, 1.807) is 0 Å². The van der Waals surface area contributed by atoms with Crippen LogP contribution in [0.15, 0.2) is 42.7 Å². The summed E-state index contributed by atoms with van der Waals surface area (Å²) in [5.41, 5.74) is 5.46. The fourth-order valence-corrected chi connectivity index (χ4v) is 2.34. The van der Waals surface area contributed by atoms with Crippen LogP contribution in [-0.2, 0) is 6.54 Å². The molecule has 4 heteroatoms. The molecule has 0 aliphatic carbocycles. The maximum absolute atomic E-state index is 4.42. The minimum Gasteiger partial charge on any atom is -0.381 e. The van der Waals surface area contributed by atoms with Gasteiger partial charge in [-0.25, -0.2) is 9.50 Å². The zero-order chi connectivity index (χ0) is 14.8. The lowest BCUT2D eigenvalue weighted by Crippen LogP contribution is -2.03. The Labute approximate surface area is 124 Å². The van der Waals surface area contributed by atoms with E-state index in [-0.39, 0.29) is 0 Å². The molecule has 1 aromatic carbocycles. The second-order valence-electron chi connectivity index (χ2n) is 5.68. The molecule has 0 saturated heterocycles. The number of fused-ring (bicyclic) bond motifs is 1. The first-order valence-electron chi connectivity index (χ1n) is 7.26. The van der Waals surface area contributed by atoms with Crippen LogP contribution in [0, 0.1) is 6.92 Å². The quantitative estimate of drug-likeness (QED) is 0.791. The van der Waals surface area contributed by atoms with Gasteiger partial charge in [-0.05, 0) is 30.5 Å². The van der Waals surface area contributed by atoms with Crippen LogP contribution in [0.5, 0.6) is 0 Å². The summed E-state index contributed by atoms with van der Waals surface area (Å²) in [6.07, 6.45) is 3.92. The number of aromatic nitrogens is 3. The molecule has 21 heavy (non-hydrogen) atoms. The van der Waals surface area contributed by atoms with E-state index >= 15 is 0 Å². The van der Waals surface area contributed by atoms with E-state index in [4.69, 9.17) is 0 Å². The van der Waals surface area contributed by atoms with Gasteiger partial charge >= 0.3 is 0 Å². The van der Waals surface area contributed by atoms with Crippen molar-refractivity contribution in [2.24, 2.45) is 0 Å². The van der Waals surface area contributed by atoms with E-state index in [1.807, 2.05) is 29.9 Å². The number of hydrogen-bond donors (Lipinski definition) is 1. The van der Waals surface area contributed by atoms with Crippen molar-refractivity contribution in [2.45, 2.75) is 33.2 Å². The highest BCUT2D eigenvalue weighted by atomic mass is 15.2. The molecule has 1 N–H and O–H groups in total. The van der Waals surface area contributed by atoms with Gasteiger partial charge in [0.1, 0.15) is 0 Å². The number of benzene rings is 1. The monoisotopic (exact) mass is 280 g/mol. The first-order chi connectivity index (χ1) is 10.1. The molecule has 0 aliphatic heterocycles. The lowest BCUT2D eigenvalue weighted by atomic mass is 10.0. The predicted molar refractivity (Wildman–Crippen MR) is 85.6 cm³/mol. The third-order valence-electron chi connectivity index (χ3n) is 3.54. The molecular formula is C17H20N4. The van der Waals surface area contributed by atoms with Crippen LogP contribution in [0.2, 0.25) is 0 Å². The summed E-state index contributed by atoms with van der Waals surface area (Å²) >= 11 is 0. The highest BCUT2D eigenvalue weighted by Gasteiger charge is 2.02. The van der Waals surface area contributed by atoms with Gasteiger partial charge in [-0.3, -0.25) is 0 Å². The van der Waals surface area contributed by atoms with Gasteiger partial charge < -0.3 is 5.32 Å². The van der Waals surface area contributed by atoms with Gasteiger partial charge in [0.25, 0.3) is 0 Å². The molecule has 0 amide bonds. The molecule has 0 saturated carbocycles. The molecule has 0 fully saturated rings. The Morgan fingerprint density at radius 2 is 2.10 bits per heavy atom. The number of rotatable bonds is 4. The number of nitrogens with zero attached hydrogens (tertiary/aromatic N) is 3. The summed E-state index contributed by atoms with van der Waals surface area (Å²) in [6, 6.07) is 10.5. The van der Waals surface area contributed by atoms with Gasteiger partial charge in [0, 0.05) is 36.3 Å². The fourth-order valence-electron chi connectivity index (χ4n) is 2.34. The highest BCUT2D eigenvalue weighted by Crippen LogP contribution is 2.19. The van der Waals surface area contributed by atoms with E-state index in [0.717, 1.165) is 29.1 Å². The van der Waals surface area contributed by atoms with Crippen LogP contribution in [0.1, 0.15) is 36.6 Å².